The number of thioether (sulfide) groups is 1. The van der Waals surface area contributed by atoms with Crippen molar-refractivity contribution in [3.63, 3.8) is 0 Å². The molecule has 1 aromatic carbocycles. The molecule has 1 N–H and O–H groups in total. The highest BCUT2D eigenvalue weighted by Gasteiger charge is 2.11. The number of rotatable bonds is 2. The minimum absolute atomic E-state index is 0.644. The molecule has 0 bridgehead atoms. The van der Waals surface area contributed by atoms with Crippen molar-refractivity contribution in [1.82, 2.24) is 10.4 Å². The van der Waals surface area contributed by atoms with Gasteiger partial charge < -0.3 is 4.74 Å². The van der Waals surface area contributed by atoms with Gasteiger partial charge in [0, 0.05) is 13.1 Å². The average Bonchev–Trinajstić information content (AvgIpc) is 2.48. The number of nitrogens with zero attached hydrogens (tertiary/aromatic N) is 3. The van der Waals surface area contributed by atoms with Gasteiger partial charge in [0.25, 0.3) is 0 Å². The Morgan fingerprint density at radius 2 is 2.05 bits per heavy atom. The van der Waals surface area contributed by atoms with Crippen LogP contribution in [0.3, 0.4) is 0 Å². The predicted octanol–water partition coefficient (Wildman–Crippen LogP) is 1.75. The lowest BCUT2D eigenvalue weighted by Crippen LogP contribution is -2.47. The van der Waals surface area contributed by atoms with E-state index in [2.05, 4.69) is 21.5 Å². The molecule has 0 amide bonds. The molecule has 0 atom stereocenters. The molecule has 1 aliphatic heterocycles. The van der Waals surface area contributed by atoms with E-state index in [1.54, 1.807) is 23.9 Å². The molecule has 1 fully saturated rings. The maximum absolute atomic E-state index is 8.75. The molecule has 1 aliphatic rings. The van der Waals surface area contributed by atoms with Crippen molar-refractivity contribution in [2.24, 2.45) is 4.99 Å². The first-order valence-corrected chi connectivity index (χ1v) is 7.26. The largest absolute Gasteiger partial charge is 0.379 e. The van der Waals surface area contributed by atoms with Crippen molar-refractivity contribution in [3.05, 3.63) is 29.8 Å². The van der Waals surface area contributed by atoms with Crippen LogP contribution in [0.15, 0.2) is 29.3 Å². The number of nitriles is 1. The van der Waals surface area contributed by atoms with Crippen LogP contribution in [-0.2, 0) is 4.74 Å². The zero-order valence-electron chi connectivity index (χ0n) is 10.8. The van der Waals surface area contributed by atoms with Crippen molar-refractivity contribution < 1.29 is 4.74 Å². The molecular formula is C13H16N4OS. The minimum Gasteiger partial charge on any atom is -0.379 e. The first-order valence-electron chi connectivity index (χ1n) is 6.04. The van der Waals surface area contributed by atoms with Gasteiger partial charge in [-0.05, 0) is 30.5 Å². The highest BCUT2D eigenvalue weighted by Crippen LogP contribution is 2.14. The normalized spacial score (nSPS) is 16.9. The van der Waals surface area contributed by atoms with Gasteiger partial charge in [0.2, 0.25) is 0 Å². The maximum Gasteiger partial charge on any atom is 0.176 e. The zero-order valence-corrected chi connectivity index (χ0v) is 11.6. The van der Waals surface area contributed by atoms with Gasteiger partial charge in [0.1, 0.15) is 0 Å². The summed E-state index contributed by atoms with van der Waals surface area (Å²) in [5.74, 6) is 0. The Bertz CT molecular complexity index is 474. The fraction of sp³-hybridized carbons (Fsp3) is 0.385. The van der Waals surface area contributed by atoms with Crippen LogP contribution in [0, 0.1) is 11.3 Å². The van der Waals surface area contributed by atoms with E-state index in [1.165, 1.54) is 0 Å². The van der Waals surface area contributed by atoms with E-state index in [0.29, 0.717) is 5.56 Å². The van der Waals surface area contributed by atoms with Crippen LogP contribution in [0.4, 0.5) is 5.69 Å². The van der Waals surface area contributed by atoms with Gasteiger partial charge in [-0.15, -0.1) is 0 Å². The van der Waals surface area contributed by atoms with Crippen LogP contribution in [0.25, 0.3) is 0 Å². The SMILES string of the molecule is CSC(=Nc1ccc(C#N)cc1)NN1CCOCC1. The third kappa shape index (κ3) is 4.24. The van der Waals surface area contributed by atoms with E-state index in [-0.39, 0.29) is 0 Å². The molecule has 0 unspecified atom stereocenters. The predicted molar refractivity (Wildman–Crippen MR) is 77.3 cm³/mol. The maximum atomic E-state index is 8.75. The summed E-state index contributed by atoms with van der Waals surface area (Å²) in [4.78, 5) is 4.52. The molecule has 5 nitrogen and oxygen atoms in total. The summed E-state index contributed by atoms with van der Waals surface area (Å²) in [5.41, 5.74) is 4.77. The van der Waals surface area contributed by atoms with E-state index in [0.717, 1.165) is 37.2 Å². The molecule has 1 heterocycles. The van der Waals surface area contributed by atoms with Crippen LogP contribution < -0.4 is 5.43 Å². The minimum atomic E-state index is 0.644. The third-order valence-corrected chi connectivity index (χ3v) is 3.25. The second kappa shape index (κ2) is 7.14. The summed E-state index contributed by atoms with van der Waals surface area (Å²) >= 11 is 1.56. The van der Waals surface area contributed by atoms with Crippen LogP contribution in [0.5, 0.6) is 0 Å². The lowest BCUT2D eigenvalue weighted by atomic mass is 10.2. The van der Waals surface area contributed by atoms with E-state index in [1.807, 2.05) is 18.4 Å². The van der Waals surface area contributed by atoms with Gasteiger partial charge >= 0.3 is 0 Å². The molecule has 6 heteroatoms. The Labute approximate surface area is 117 Å². The molecule has 2 rings (SSSR count). The van der Waals surface area contributed by atoms with Crippen LogP contribution in [0.2, 0.25) is 0 Å². The van der Waals surface area contributed by atoms with Crippen molar-refractivity contribution in [3.8, 4) is 6.07 Å². The molecule has 1 saturated heterocycles. The third-order valence-electron chi connectivity index (χ3n) is 2.69. The summed E-state index contributed by atoms with van der Waals surface area (Å²) in [5, 5.41) is 11.7. The molecule has 1 aromatic rings. The first-order chi connectivity index (χ1) is 9.31. The summed E-state index contributed by atoms with van der Waals surface area (Å²) in [6, 6.07) is 9.32. The summed E-state index contributed by atoms with van der Waals surface area (Å²) in [7, 11) is 0. The number of benzene rings is 1. The first kappa shape index (κ1) is 13.9. The van der Waals surface area contributed by atoms with Gasteiger partial charge in [0.15, 0.2) is 5.17 Å². The molecule has 100 valence electrons. The van der Waals surface area contributed by atoms with Gasteiger partial charge in [-0.1, -0.05) is 11.8 Å². The van der Waals surface area contributed by atoms with Crippen molar-refractivity contribution in [1.29, 1.82) is 5.26 Å². The molecule has 0 aliphatic carbocycles. The molecule has 0 aromatic heterocycles. The zero-order chi connectivity index (χ0) is 13.5. The van der Waals surface area contributed by atoms with Crippen molar-refractivity contribution in [2.75, 3.05) is 32.6 Å². The summed E-state index contributed by atoms with van der Waals surface area (Å²) < 4.78 is 5.30. The number of morpholine rings is 1. The van der Waals surface area contributed by atoms with Crippen molar-refractivity contribution in [2.45, 2.75) is 0 Å². The van der Waals surface area contributed by atoms with Gasteiger partial charge in [-0.2, -0.15) is 5.26 Å². The second-order valence-corrected chi connectivity index (χ2v) is 4.79. The van der Waals surface area contributed by atoms with Crippen LogP contribution in [0.1, 0.15) is 5.56 Å². The quantitative estimate of drug-likeness (QED) is 0.658. The Hall–Kier alpha value is -1.55. The molecule has 0 radical (unpaired) electrons. The Kier molecular flexibility index (Phi) is 5.21. The lowest BCUT2D eigenvalue weighted by molar-refractivity contribution is 0.0254. The highest BCUT2D eigenvalue weighted by atomic mass is 32.2. The monoisotopic (exact) mass is 276 g/mol. The smallest absolute Gasteiger partial charge is 0.176 e. The topological polar surface area (TPSA) is 60.7 Å². The van der Waals surface area contributed by atoms with E-state index in [4.69, 9.17) is 10.00 Å². The van der Waals surface area contributed by atoms with Gasteiger partial charge in [0.05, 0.1) is 30.5 Å². The fourth-order valence-corrected chi connectivity index (χ4v) is 2.07. The number of hydrogen-bond donors (Lipinski definition) is 1. The molecule has 0 spiro atoms. The Morgan fingerprint density at radius 3 is 2.63 bits per heavy atom. The standard InChI is InChI=1S/C13H16N4OS/c1-19-13(16-17-6-8-18-9-7-17)15-12-4-2-11(10-14)3-5-12/h2-5H,6-9H2,1H3,(H,15,16). The highest BCUT2D eigenvalue weighted by molar-refractivity contribution is 8.13. The Balaban J connectivity index is 2.02. The number of nitrogens with one attached hydrogen (secondary N) is 1. The molecule has 19 heavy (non-hydrogen) atoms. The number of hydrazine groups is 1. The van der Waals surface area contributed by atoms with E-state index < -0.39 is 0 Å². The lowest BCUT2D eigenvalue weighted by Gasteiger charge is -2.27. The number of hydrogen-bond acceptors (Lipinski definition) is 5. The summed E-state index contributed by atoms with van der Waals surface area (Å²) in [6.45, 7) is 3.19. The number of amidine groups is 1. The van der Waals surface area contributed by atoms with Gasteiger partial charge in [-0.25, -0.2) is 10.0 Å². The van der Waals surface area contributed by atoms with Crippen molar-refractivity contribution >= 4 is 22.6 Å². The average molecular weight is 276 g/mol. The fourth-order valence-electron chi connectivity index (χ4n) is 1.65. The summed E-state index contributed by atoms with van der Waals surface area (Å²) in [6.07, 6.45) is 1.98. The molecular weight excluding hydrogens is 260 g/mol. The molecule has 0 saturated carbocycles. The van der Waals surface area contributed by atoms with E-state index in [9.17, 15) is 0 Å². The van der Waals surface area contributed by atoms with Crippen LogP contribution in [-0.4, -0.2) is 42.7 Å². The number of aliphatic imine (C=N–C) groups is 1. The Morgan fingerprint density at radius 1 is 1.37 bits per heavy atom. The van der Waals surface area contributed by atoms with Crippen LogP contribution >= 0.6 is 11.8 Å². The van der Waals surface area contributed by atoms with Gasteiger partial charge in [-0.3, -0.25) is 5.43 Å². The second-order valence-electron chi connectivity index (χ2n) is 3.99. The number of ether oxygens (including phenoxy) is 1. The van der Waals surface area contributed by atoms with E-state index >= 15 is 0 Å².